The Labute approximate surface area is 280 Å². The molecule has 4 aromatic rings. The summed E-state index contributed by atoms with van der Waals surface area (Å²) in [5.41, 5.74) is 9.24. The molecule has 0 N–H and O–H groups in total. The van der Waals surface area contributed by atoms with Gasteiger partial charge in [0, 0.05) is 11.8 Å². The van der Waals surface area contributed by atoms with E-state index in [0.717, 1.165) is 0 Å². The maximum Gasteiger partial charge on any atom is 4.00 e. The molecule has 2 atom stereocenters. The maximum absolute atomic E-state index is 2.41. The minimum Gasteiger partial charge on any atom is -1.00 e. The van der Waals surface area contributed by atoms with Crippen molar-refractivity contribution in [1.29, 1.82) is 0 Å². The van der Waals surface area contributed by atoms with Gasteiger partial charge in [-0.1, -0.05) is 126 Å². The Morgan fingerprint density at radius 1 is 0.512 bits per heavy atom. The van der Waals surface area contributed by atoms with Gasteiger partial charge in [0.15, 0.2) is 0 Å². The van der Waals surface area contributed by atoms with Gasteiger partial charge < -0.3 is 24.8 Å². The molecule has 0 saturated heterocycles. The topological polar surface area (TPSA) is 0 Å². The zero-order valence-electron chi connectivity index (χ0n) is 24.8. The van der Waals surface area contributed by atoms with E-state index in [1.807, 2.05) is 0 Å². The van der Waals surface area contributed by atoms with Crippen molar-refractivity contribution in [2.24, 2.45) is 0 Å². The normalized spacial score (nSPS) is 16.4. The molecule has 3 heteroatoms. The van der Waals surface area contributed by atoms with E-state index in [2.05, 4.69) is 149 Å². The number of halogens is 2. The second-order valence-corrected chi connectivity index (χ2v) is 11.0. The van der Waals surface area contributed by atoms with Gasteiger partial charge in [0.05, 0.1) is 0 Å². The minimum absolute atomic E-state index is 0. The number of allylic oxidation sites excluding steroid dienone is 2. The van der Waals surface area contributed by atoms with E-state index in [1.54, 1.807) is 0 Å². The first-order valence-corrected chi connectivity index (χ1v) is 14.6. The molecule has 6 rings (SSSR count). The van der Waals surface area contributed by atoms with Crippen molar-refractivity contribution in [3.63, 3.8) is 0 Å². The van der Waals surface area contributed by atoms with Crippen LogP contribution in [0.2, 0.25) is 0 Å². The largest absolute Gasteiger partial charge is 4.00 e. The van der Waals surface area contributed by atoms with E-state index in [1.165, 1.54) is 59.1 Å². The first-order valence-electron chi connectivity index (χ1n) is 14.6. The summed E-state index contributed by atoms with van der Waals surface area (Å²) >= 11 is 0. The number of fused-ring (bicyclic) bond motifs is 2. The summed E-state index contributed by atoms with van der Waals surface area (Å²) in [7, 11) is 0. The fraction of sp³-hybridized carbons (Fsp3) is 0.316. The fourth-order valence-electron chi connectivity index (χ4n) is 7.43. The predicted molar refractivity (Wildman–Crippen MR) is 165 cm³/mol. The van der Waals surface area contributed by atoms with Crippen molar-refractivity contribution in [3.8, 4) is 0 Å². The van der Waals surface area contributed by atoms with Gasteiger partial charge in [-0.25, -0.2) is 24.3 Å². The molecule has 0 aromatic heterocycles. The average molecular weight is 661 g/mol. The molecule has 0 heterocycles. The Balaban J connectivity index is 0.000000267. The molecule has 4 aromatic carbocycles. The van der Waals surface area contributed by atoms with Gasteiger partial charge in [0.1, 0.15) is 0 Å². The molecule has 0 aliphatic heterocycles. The van der Waals surface area contributed by atoms with E-state index >= 15 is 0 Å². The summed E-state index contributed by atoms with van der Waals surface area (Å²) in [5.74, 6) is 1.03. The van der Waals surface area contributed by atoms with E-state index in [4.69, 9.17) is 0 Å². The monoisotopic (exact) mass is 658 g/mol. The van der Waals surface area contributed by atoms with Crippen LogP contribution in [0.4, 0.5) is 0 Å². The Bertz CT molecular complexity index is 1260. The average Bonchev–Trinajstić information content (AvgIpc) is 3.79. The third-order valence-corrected chi connectivity index (χ3v) is 9.79. The van der Waals surface area contributed by atoms with Crippen LogP contribution >= 0.6 is 0 Å². The number of hydrogen-bond acceptors (Lipinski definition) is 0. The summed E-state index contributed by atoms with van der Waals surface area (Å²) in [6, 6.07) is 35.5. The summed E-state index contributed by atoms with van der Waals surface area (Å²) in [5, 5.41) is 0. The quantitative estimate of drug-likeness (QED) is 0.244. The zero-order chi connectivity index (χ0) is 26.6. The van der Waals surface area contributed by atoms with Gasteiger partial charge in [0.2, 0.25) is 0 Å². The van der Waals surface area contributed by atoms with Crippen LogP contribution in [0.1, 0.15) is 98.6 Å². The number of hydrogen-bond donors (Lipinski definition) is 0. The molecule has 41 heavy (non-hydrogen) atoms. The Kier molecular flexibility index (Phi) is 13.4. The van der Waals surface area contributed by atoms with Gasteiger partial charge >= 0.3 is 26.2 Å². The third-order valence-electron chi connectivity index (χ3n) is 9.79. The van der Waals surface area contributed by atoms with Crippen molar-refractivity contribution in [2.45, 2.75) is 76.0 Å². The van der Waals surface area contributed by atoms with Gasteiger partial charge in [-0.2, -0.15) is 35.4 Å². The smallest absolute Gasteiger partial charge is 1.00 e. The van der Waals surface area contributed by atoms with Crippen LogP contribution in [0.25, 0.3) is 12.2 Å². The van der Waals surface area contributed by atoms with Crippen LogP contribution in [0.15, 0.2) is 109 Å². The molecule has 0 fully saturated rings. The van der Waals surface area contributed by atoms with E-state index in [0.29, 0.717) is 11.8 Å². The molecular weight excluding hydrogens is 619 g/mol. The second kappa shape index (κ2) is 15.5. The van der Waals surface area contributed by atoms with Crippen LogP contribution in [0.3, 0.4) is 0 Å². The van der Waals surface area contributed by atoms with Crippen LogP contribution in [-0.2, 0) is 37.0 Å². The van der Waals surface area contributed by atoms with Crippen LogP contribution < -0.4 is 24.8 Å². The van der Waals surface area contributed by atoms with Crippen molar-refractivity contribution in [2.75, 3.05) is 0 Å². The zero-order valence-corrected chi connectivity index (χ0v) is 28.8. The Hall–Kier alpha value is -1.92. The first-order chi connectivity index (χ1) is 18.6. The molecule has 0 nitrogen and oxygen atoms in total. The number of rotatable bonds is 8. The molecule has 0 radical (unpaired) electrons. The van der Waals surface area contributed by atoms with Crippen LogP contribution in [0.5, 0.6) is 0 Å². The number of benzene rings is 2. The standard InChI is InChI=1S/2C19H21.2ClH.Zr/c2*1-3-19(4-2,16-10-6-7-11-16)18-14-13-15-9-5-8-12-17(15)18;;;/h2*5-14,18H,3-4H2,1-2H3;2*1H;/q2*-1;;;+4/p-2. The molecule has 212 valence electrons. The third kappa shape index (κ3) is 6.39. The molecule has 0 spiro atoms. The Morgan fingerprint density at radius 2 is 0.829 bits per heavy atom. The Morgan fingerprint density at radius 3 is 1.15 bits per heavy atom. The molecule has 2 unspecified atom stereocenters. The van der Waals surface area contributed by atoms with Crippen molar-refractivity contribution in [3.05, 3.63) is 143 Å². The van der Waals surface area contributed by atoms with Gasteiger partial charge in [0.25, 0.3) is 0 Å². The summed E-state index contributed by atoms with van der Waals surface area (Å²) in [4.78, 5) is 0. The van der Waals surface area contributed by atoms with E-state index in [9.17, 15) is 0 Å². The minimum atomic E-state index is 0. The van der Waals surface area contributed by atoms with E-state index < -0.39 is 0 Å². The second-order valence-electron chi connectivity index (χ2n) is 11.0. The SMILES string of the molecule is CCC(CC)([c-]1cccc1)C1C=Cc2ccccc21.CCC(CC)([c-]1cccc1)C1C=Cc2ccccc21.[Cl-].[Cl-].[Zr+4]. The molecule has 0 bridgehead atoms. The summed E-state index contributed by atoms with van der Waals surface area (Å²) < 4.78 is 0. The molecule has 0 amide bonds. The van der Waals surface area contributed by atoms with Crippen molar-refractivity contribution in [1.82, 2.24) is 0 Å². The molecule has 2 aliphatic rings. The maximum atomic E-state index is 2.41. The summed E-state index contributed by atoms with van der Waals surface area (Å²) in [6.07, 6.45) is 14.1. The van der Waals surface area contributed by atoms with Gasteiger partial charge in [-0.05, 0) is 33.1 Å². The first kappa shape index (κ1) is 35.3. The van der Waals surface area contributed by atoms with Crippen molar-refractivity contribution < 1.29 is 51.0 Å². The molecule has 2 aliphatic carbocycles. The van der Waals surface area contributed by atoms with Gasteiger partial charge in [-0.15, -0.1) is 0 Å². The molecule has 0 saturated carbocycles. The predicted octanol–water partition coefficient (Wildman–Crippen LogP) is 4.55. The van der Waals surface area contributed by atoms with Crippen molar-refractivity contribution >= 4 is 12.2 Å². The fourth-order valence-corrected chi connectivity index (χ4v) is 7.43. The molecular formula is C38H42Cl2Zr. The van der Waals surface area contributed by atoms with E-state index in [-0.39, 0.29) is 61.8 Å². The van der Waals surface area contributed by atoms with Gasteiger partial charge in [-0.3, -0.25) is 0 Å². The van der Waals surface area contributed by atoms with Crippen LogP contribution in [-0.4, -0.2) is 0 Å². The van der Waals surface area contributed by atoms with Crippen LogP contribution in [0, 0.1) is 0 Å². The summed E-state index contributed by atoms with van der Waals surface area (Å²) in [6.45, 7) is 9.30.